The van der Waals surface area contributed by atoms with Crippen LogP contribution in [0.2, 0.25) is 0 Å². The Labute approximate surface area is 173 Å². The number of nitro benzene ring substituents is 1. The van der Waals surface area contributed by atoms with E-state index in [9.17, 15) is 10.1 Å². The van der Waals surface area contributed by atoms with Gasteiger partial charge in [0, 0.05) is 29.3 Å². The van der Waals surface area contributed by atoms with Crippen LogP contribution in [0, 0.1) is 10.1 Å². The summed E-state index contributed by atoms with van der Waals surface area (Å²) in [5.74, 6) is 2.45. The van der Waals surface area contributed by atoms with Crippen LogP contribution in [0.4, 0.5) is 5.69 Å². The van der Waals surface area contributed by atoms with Crippen LogP contribution < -0.4 is 9.47 Å². The van der Waals surface area contributed by atoms with Crippen LogP contribution in [-0.2, 0) is 6.54 Å². The highest BCUT2D eigenvalue weighted by atomic mass is 16.6. The highest BCUT2D eigenvalue weighted by Gasteiger charge is 2.30. The number of ether oxygens (including phenoxy) is 2. The summed E-state index contributed by atoms with van der Waals surface area (Å²) in [5.41, 5.74) is 1.74. The van der Waals surface area contributed by atoms with Crippen LogP contribution in [-0.4, -0.2) is 40.8 Å². The maximum Gasteiger partial charge on any atom is 0.269 e. The van der Waals surface area contributed by atoms with Crippen molar-refractivity contribution in [2.24, 2.45) is 0 Å². The summed E-state index contributed by atoms with van der Waals surface area (Å²) in [6, 6.07) is 12.0. The number of nitrogens with zero attached hydrogens (tertiary/aromatic N) is 4. The van der Waals surface area contributed by atoms with Gasteiger partial charge in [-0.05, 0) is 49.7 Å². The van der Waals surface area contributed by atoms with E-state index < -0.39 is 4.92 Å². The standard InChI is InChI=1S/C21H22N4O5/c1-28-16-9-10-19(29-2)17(12-16)18-4-3-11-24(18)13-20-22-23-21(30-20)14-5-7-15(8-6-14)25(26)27/h5-10,12,18H,3-4,11,13H2,1-2H3. The second-order valence-corrected chi connectivity index (χ2v) is 7.04. The lowest BCUT2D eigenvalue weighted by atomic mass is 10.0. The molecule has 1 unspecified atom stereocenters. The van der Waals surface area contributed by atoms with Gasteiger partial charge in [0.15, 0.2) is 0 Å². The van der Waals surface area contributed by atoms with Crippen molar-refractivity contribution in [3.05, 3.63) is 64.0 Å². The van der Waals surface area contributed by atoms with Crippen molar-refractivity contribution in [2.45, 2.75) is 25.4 Å². The summed E-state index contributed by atoms with van der Waals surface area (Å²) in [6.07, 6.45) is 2.04. The van der Waals surface area contributed by atoms with Gasteiger partial charge in [0.2, 0.25) is 11.8 Å². The van der Waals surface area contributed by atoms with Crippen molar-refractivity contribution in [2.75, 3.05) is 20.8 Å². The van der Waals surface area contributed by atoms with E-state index in [1.807, 2.05) is 18.2 Å². The van der Waals surface area contributed by atoms with Gasteiger partial charge in [-0.2, -0.15) is 0 Å². The third-order valence-corrected chi connectivity index (χ3v) is 5.29. The van der Waals surface area contributed by atoms with Crippen molar-refractivity contribution < 1.29 is 18.8 Å². The minimum absolute atomic E-state index is 0.0191. The van der Waals surface area contributed by atoms with Crippen LogP contribution in [0.1, 0.15) is 30.3 Å². The second kappa shape index (κ2) is 8.50. The summed E-state index contributed by atoms with van der Waals surface area (Å²) in [6.45, 7) is 1.41. The molecule has 0 N–H and O–H groups in total. The molecule has 1 saturated heterocycles. The molecule has 0 bridgehead atoms. The molecule has 9 heteroatoms. The number of benzene rings is 2. The SMILES string of the molecule is COc1ccc(OC)c(C2CCCN2Cc2nnc(-c3ccc([N+](=O)[O-])cc3)o2)c1. The molecule has 1 atom stereocenters. The molecule has 1 aliphatic heterocycles. The van der Waals surface area contributed by atoms with Crippen LogP contribution in [0.3, 0.4) is 0 Å². The van der Waals surface area contributed by atoms with Gasteiger partial charge in [-0.1, -0.05) is 0 Å². The second-order valence-electron chi connectivity index (χ2n) is 7.04. The molecule has 2 aromatic carbocycles. The fourth-order valence-electron chi connectivity index (χ4n) is 3.80. The summed E-state index contributed by atoms with van der Waals surface area (Å²) in [4.78, 5) is 12.7. The maximum atomic E-state index is 10.8. The zero-order valence-electron chi connectivity index (χ0n) is 16.8. The van der Waals surface area contributed by atoms with E-state index in [0.717, 1.165) is 36.4 Å². The van der Waals surface area contributed by atoms with E-state index >= 15 is 0 Å². The van der Waals surface area contributed by atoms with Gasteiger partial charge in [0.1, 0.15) is 11.5 Å². The highest BCUT2D eigenvalue weighted by Crippen LogP contribution is 2.39. The molecule has 3 aromatic rings. The predicted octanol–water partition coefficient (Wildman–Crippen LogP) is 4.00. The Morgan fingerprint density at radius 2 is 1.97 bits per heavy atom. The first-order valence-electron chi connectivity index (χ1n) is 9.62. The Bertz CT molecular complexity index is 1030. The minimum Gasteiger partial charge on any atom is -0.497 e. The molecule has 0 radical (unpaired) electrons. The average Bonchev–Trinajstić information content (AvgIpc) is 3.43. The first-order chi connectivity index (χ1) is 14.6. The molecule has 1 fully saturated rings. The van der Waals surface area contributed by atoms with E-state index in [2.05, 4.69) is 15.1 Å². The predicted molar refractivity (Wildman–Crippen MR) is 108 cm³/mol. The zero-order chi connectivity index (χ0) is 21.1. The Kier molecular flexibility index (Phi) is 5.62. The van der Waals surface area contributed by atoms with Crippen LogP contribution in [0.15, 0.2) is 46.9 Å². The summed E-state index contributed by atoms with van der Waals surface area (Å²) < 4.78 is 16.8. The van der Waals surface area contributed by atoms with E-state index in [0.29, 0.717) is 23.9 Å². The van der Waals surface area contributed by atoms with Crippen LogP contribution in [0.25, 0.3) is 11.5 Å². The summed E-state index contributed by atoms with van der Waals surface area (Å²) in [5, 5.41) is 19.1. The van der Waals surface area contributed by atoms with Crippen molar-refractivity contribution in [3.8, 4) is 23.0 Å². The normalized spacial score (nSPS) is 16.5. The van der Waals surface area contributed by atoms with Crippen molar-refractivity contribution in [1.29, 1.82) is 0 Å². The monoisotopic (exact) mass is 410 g/mol. The number of rotatable bonds is 7. The Hall–Kier alpha value is -3.46. The first-order valence-corrected chi connectivity index (χ1v) is 9.62. The van der Waals surface area contributed by atoms with Crippen LogP contribution >= 0.6 is 0 Å². The smallest absolute Gasteiger partial charge is 0.269 e. The molecular formula is C21H22N4O5. The minimum atomic E-state index is -0.441. The third kappa shape index (κ3) is 3.97. The van der Waals surface area contributed by atoms with Gasteiger partial charge in [-0.15, -0.1) is 10.2 Å². The fourth-order valence-corrected chi connectivity index (χ4v) is 3.80. The van der Waals surface area contributed by atoms with Crippen molar-refractivity contribution in [3.63, 3.8) is 0 Å². The van der Waals surface area contributed by atoms with Gasteiger partial charge in [0.25, 0.3) is 5.69 Å². The van der Waals surface area contributed by atoms with Gasteiger partial charge in [-0.25, -0.2) is 0 Å². The summed E-state index contributed by atoms with van der Waals surface area (Å²) in [7, 11) is 3.31. The molecule has 0 saturated carbocycles. The van der Waals surface area contributed by atoms with Crippen molar-refractivity contribution >= 4 is 5.69 Å². The Balaban J connectivity index is 1.53. The fraction of sp³-hybridized carbons (Fsp3) is 0.333. The number of hydrogen-bond acceptors (Lipinski definition) is 8. The third-order valence-electron chi connectivity index (χ3n) is 5.29. The number of nitro groups is 1. The van der Waals surface area contributed by atoms with E-state index in [-0.39, 0.29) is 11.7 Å². The Morgan fingerprint density at radius 1 is 1.17 bits per heavy atom. The van der Waals surface area contributed by atoms with Gasteiger partial charge < -0.3 is 13.9 Å². The molecule has 1 aromatic heterocycles. The summed E-state index contributed by atoms with van der Waals surface area (Å²) >= 11 is 0. The number of non-ortho nitro benzene ring substituents is 1. The van der Waals surface area contributed by atoms with Gasteiger partial charge in [0.05, 0.1) is 25.7 Å². The average molecular weight is 410 g/mol. The Morgan fingerprint density at radius 3 is 2.67 bits per heavy atom. The molecule has 30 heavy (non-hydrogen) atoms. The quantitative estimate of drug-likeness (QED) is 0.425. The molecule has 2 heterocycles. The lowest BCUT2D eigenvalue weighted by Crippen LogP contribution is -2.23. The number of aromatic nitrogens is 2. The highest BCUT2D eigenvalue weighted by molar-refractivity contribution is 5.55. The maximum absolute atomic E-state index is 10.8. The van der Waals surface area contributed by atoms with E-state index in [1.165, 1.54) is 12.1 Å². The van der Waals surface area contributed by atoms with E-state index in [1.54, 1.807) is 26.4 Å². The zero-order valence-corrected chi connectivity index (χ0v) is 16.8. The number of methoxy groups -OCH3 is 2. The van der Waals surface area contributed by atoms with Crippen molar-refractivity contribution in [1.82, 2.24) is 15.1 Å². The number of hydrogen-bond donors (Lipinski definition) is 0. The molecule has 9 nitrogen and oxygen atoms in total. The lowest BCUT2D eigenvalue weighted by Gasteiger charge is -2.25. The molecule has 4 rings (SSSR count). The van der Waals surface area contributed by atoms with E-state index in [4.69, 9.17) is 13.9 Å². The molecule has 156 valence electrons. The molecule has 0 aliphatic carbocycles. The van der Waals surface area contributed by atoms with Crippen LogP contribution in [0.5, 0.6) is 11.5 Å². The molecule has 0 spiro atoms. The molecule has 1 aliphatic rings. The first kappa shape index (κ1) is 19.8. The number of likely N-dealkylation sites (tertiary alicyclic amines) is 1. The van der Waals surface area contributed by atoms with Gasteiger partial charge >= 0.3 is 0 Å². The molecule has 0 amide bonds. The largest absolute Gasteiger partial charge is 0.497 e. The molecular weight excluding hydrogens is 388 g/mol. The lowest BCUT2D eigenvalue weighted by molar-refractivity contribution is -0.384. The topological polar surface area (TPSA) is 104 Å². The van der Waals surface area contributed by atoms with Gasteiger partial charge in [-0.3, -0.25) is 15.0 Å².